The summed E-state index contributed by atoms with van der Waals surface area (Å²) in [6, 6.07) is 12.5. The van der Waals surface area contributed by atoms with Gasteiger partial charge in [0.2, 0.25) is 0 Å². The predicted octanol–water partition coefficient (Wildman–Crippen LogP) is 4.86. The third-order valence-electron chi connectivity index (χ3n) is 5.04. The van der Waals surface area contributed by atoms with Gasteiger partial charge in [-0.1, -0.05) is 18.2 Å². The lowest BCUT2D eigenvalue weighted by Gasteiger charge is -2.14. The van der Waals surface area contributed by atoms with Crippen molar-refractivity contribution >= 4 is 28.4 Å². The van der Waals surface area contributed by atoms with Crippen molar-refractivity contribution in [1.29, 1.82) is 0 Å². The fourth-order valence-corrected chi connectivity index (χ4v) is 3.40. The first kappa shape index (κ1) is 21.3. The topological polar surface area (TPSA) is 78.3 Å². The quantitative estimate of drug-likeness (QED) is 0.419. The number of rotatable bonds is 7. The Morgan fingerprint density at radius 2 is 1.94 bits per heavy atom. The average Bonchev–Trinajstić information content (AvgIpc) is 3.19. The van der Waals surface area contributed by atoms with Crippen LogP contribution in [0.3, 0.4) is 0 Å². The molecule has 0 saturated carbocycles. The van der Waals surface area contributed by atoms with E-state index in [9.17, 15) is 9.18 Å². The van der Waals surface area contributed by atoms with Crippen molar-refractivity contribution in [1.82, 2.24) is 14.8 Å². The van der Waals surface area contributed by atoms with Crippen LogP contribution in [0.5, 0.6) is 5.75 Å². The van der Waals surface area contributed by atoms with Gasteiger partial charge in [0.05, 0.1) is 43.2 Å². The Morgan fingerprint density at radius 3 is 2.62 bits per heavy atom. The second kappa shape index (κ2) is 9.05. The highest BCUT2D eigenvalue weighted by atomic mass is 19.1. The Labute approximate surface area is 184 Å². The van der Waals surface area contributed by atoms with Crippen LogP contribution < -0.4 is 10.1 Å². The van der Waals surface area contributed by atoms with Crippen molar-refractivity contribution in [3.05, 3.63) is 77.4 Å². The minimum atomic E-state index is -0.542. The maximum absolute atomic E-state index is 14.5. The summed E-state index contributed by atoms with van der Waals surface area (Å²) in [6.07, 6.45) is 3.05. The van der Waals surface area contributed by atoms with Crippen molar-refractivity contribution in [3.8, 4) is 5.75 Å². The van der Waals surface area contributed by atoms with Crippen LogP contribution in [-0.4, -0.2) is 34.5 Å². The van der Waals surface area contributed by atoms with Crippen molar-refractivity contribution in [2.75, 3.05) is 19.0 Å². The summed E-state index contributed by atoms with van der Waals surface area (Å²) in [5.41, 5.74) is 3.22. The summed E-state index contributed by atoms with van der Waals surface area (Å²) < 4.78 is 26.7. The van der Waals surface area contributed by atoms with Gasteiger partial charge in [-0.3, -0.25) is 0 Å². The molecule has 0 saturated heterocycles. The molecule has 7 nitrogen and oxygen atoms in total. The Kier molecular flexibility index (Phi) is 6.02. The summed E-state index contributed by atoms with van der Waals surface area (Å²) in [6.45, 7) is 4.22. The Morgan fingerprint density at radius 1 is 1.16 bits per heavy atom. The van der Waals surface area contributed by atoms with Crippen LogP contribution in [0.2, 0.25) is 0 Å². The van der Waals surface area contributed by atoms with Gasteiger partial charge in [-0.25, -0.2) is 18.9 Å². The molecule has 4 aromatic rings. The molecule has 164 valence electrons. The van der Waals surface area contributed by atoms with Crippen LogP contribution in [0.4, 0.5) is 15.8 Å². The molecule has 8 heteroatoms. The number of nitrogens with one attached hydrogen (secondary N) is 1. The lowest BCUT2D eigenvalue weighted by molar-refractivity contribution is 0.0527. The normalized spacial score (nSPS) is 10.9. The van der Waals surface area contributed by atoms with Crippen LogP contribution in [0.15, 0.2) is 54.9 Å². The fraction of sp³-hybridized carbons (Fsp3) is 0.208. The summed E-state index contributed by atoms with van der Waals surface area (Å²) in [5.74, 6) is -0.196. The maximum Gasteiger partial charge on any atom is 0.341 e. The number of carbonyl (C=O) groups is 1. The monoisotopic (exact) mass is 434 g/mol. The molecule has 0 aliphatic heterocycles. The minimum Gasteiger partial charge on any atom is -0.497 e. The molecule has 2 aromatic carbocycles. The van der Waals surface area contributed by atoms with E-state index in [0.29, 0.717) is 23.3 Å². The molecule has 0 bridgehead atoms. The van der Waals surface area contributed by atoms with Crippen molar-refractivity contribution in [3.63, 3.8) is 0 Å². The molecule has 0 fully saturated rings. The summed E-state index contributed by atoms with van der Waals surface area (Å²) in [4.78, 5) is 17.0. The zero-order chi connectivity index (χ0) is 22.7. The first-order valence-electron chi connectivity index (χ1n) is 10.2. The summed E-state index contributed by atoms with van der Waals surface area (Å²) in [7, 11) is 1.62. The third kappa shape index (κ3) is 4.25. The number of carbonyl (C=O) groups excluding carboxylic acids is 1. The Bertz CT molecular complexity index is 1270. The van der Waals surface area contributed by atoms with Crippen molar-refractivity contribution < 1.29 is 18.7 Å². The number of methoxy groups -OCH3 is 1. The van der Waals surface area contributed by atoms with Crippen LogP contribution in [0.1, 0.15) is 28.4 Å². The van der Waals surface area contributed by atoms with Crippen LogP contribution in [0.25, 0.3) is 11.0 Å². The number of fused-ring (bicyclic) bond motifs is 1. The molecule has 32 heavy (non-hydrogen) atoms. The van der Waals surface area contributed by atoms with Gasteiger partial charge in [-0.2, -0.15) is 5.10 Å². The summed E-state index contributed by atoms with van der Waals surface area (Å²) in [5, 5.41) is 8.10. The lowest BCUT2D eigenvalue weighted by Crippen LogP contribution is -2.10. The molecular formula is C24H23FN4O3. The van der Waals surface area contributed by atoms with Gasteiger partial charge in [0.25, 0.3) is 0 Å². The number of ether oxygens (including phenoxy) is 2. The van der Waals surface area contributed by atoms with Gasteiger partial charge in [0.15, 0.2) is 5.65 Å². The van der Waals surface area contributed by atoms with Crippen LogP contribution in [-0.2, 0) is 11.3 Å². The molecule has 0 unspecified atom stereocenters. The highest BCUT2D eigenvalue weighted by Gasteiger charge is 2.20. The second-order valence-electron chi connectivity index (χ2n) is 7.26. The minimum absolute atomic E-state index is 0.211. The third-order valence-corrected chi connectivity index (χ3v) is 5.04. The van der Waals surface area contributed by atoms with E-state index in [1.54, 1.807) is 37.0 Å². The maximum atomic E-state index is 14.5. The zero-order valence-corrected chi connectivity index (χ0v) is 18.1. The van der Waals surface area contributed by atoms with E-state index in [-0.39, 0.29) is 17.9 Å². The Balaban J connectivity index is 1.77. The molecule has 0 aliphatic carbocycles. The number of esters is 1. The van der Waals surface area contributed by atoms with Gasteiger partial charge in [0.1, 0.15) is 17.1 Å². The number of benzene rings is 2. The Hall–Kier alpha value is -3.94. The highest BCUT2D eigenvalue weighted by molar-refractivity contribution is 6.05. The molecule has 0 radical (unpaired) electrons. The van der Waals surface area contributed by atoms with Crippen LogP contribution in [0, 0.1) is 12.7 Å². The molecule has 0 atom stereocenters. The zero-order valence-electron chi connectivity index (χ0n) is 18.1. The molecule has 2 aromatic heterocycles. The molecule has 2 heterocycles. The van der Waals surface area contributed by atoms with E-state index in [2.05, 4.69) is 15.4 Å². The first-order chi connectivity index (χ1) is 15.5. The second-order valence-corrected chi connectivity index (χ2v) is 7.26. The number of hydrogen-bond acceptors (Lipinski definition) is 6. The largest absolute Gasteiger partial charge is 0.497 e. The van der Waals surface area contributed by atoms with Gasteiger partial charge in [-0.05, 0) is 49.2 Å². The number of nitrogens with zero attached hydrogens (tertiary/aromatic N) is 3. The fourth-order valence-electron chi connectivity index (χ4n) is 3.40. The molecular weight excluding hydrogens is 411 g/mol. The van der Waals surface area contributed by atoms with E-state index >= 15 is 0 Å². The van der Waals surface area contributed by atoms with E-state index in [0.717, 1.165) is 16.9 Å². The molecule has 4 rings (SSSR count). The molecule has 0 aliphatic rings. The van der Waals surface area contributed by atoms with E-state index < -0.39 is 11.8 Å². The van der Waals surface area contributed by atoms with Gasteiger partial charge < -0.3 is 14.8 Å². The average molecular weight is 434 g/mol. The standard InChI is InChI=1S/C24H23FN4O3/c1-4-32-24(30)19-12-26-23-18(22(19)28-21-10-5-15(2)11-20(21)25)13-27-29(23)14-16-6-8-17(31-3)9-7-16/h5-13H,4,14H2,1-3H3,(H,26,28). The number of hydrogen-bond donors (Lipinski definition) is 1. The highest BCUT2D eigenvalue weighted by Crippen LogP contribution is 2.31. The van der Waals surface area contributed by atoms with Crippen LogP contribution >= 0.6 is 0 Å². The smallest absolute Gasteiger partial charge is 0.341 e. The van der Waals surface area contributed by atoms with Gasteiger partial charge >= 0.3 is 5.97 Å². The van der Waals surface area contributed by atoms with E-state index in [1.165, 1.54) is 12.3 Å². The molecule has 1 N–H and O–H groups in total. The van der Waals surface area contributed by atoms with Crippen molar-refractivity contribution in [2.45, 2.75) is 20.4 Å². The molecule has 0 amide bonds. The van der Waals surface area contributed by atoms with Gasteiger partial charge in [-0.15, -0.1) is 0 Å². The van der Waals surface area contributed by atoms with Gasteiger partial charge in [0, 0.05) is 6.20 Å². The van der Waals surface area contributed by atoms with E-state index in [4.69, 9.17) is 9.47 Å². The first-order valence-corrected chi connectivity index (χ1v) is 10.2. The SMILES string of the molecule is CCOC(=O)c1cnc2c(cnn2Cc2ccc(OC)cc2)c1Nc1ccc(C)cc1F. The summed E-state index contributed by atoms with van der Waals surface area (Å²) >= 11 is 0. The lowest BCUT2D eigenvalue weighted by atomic mass is 10.1. The number of anilines is 2. The molecule has 0 spiro atoms. The number of pyridine rings is 1. The van der Waals surface area contributed by atoms with E-state index in [1.807, 2.05) is 31.2 Å². The number of aromatic nitrogens is 3. The number of aryl methyl sites for hydroxylation is 1. The number of halogens is 1. The van der Waals surface area contributed by atoms with Crippen molar-refractivity contribution in [2.24, 2.45) is 0 Å². The predicted molar refractivity (Wildman–Crippen MR) is 120 cm³/mol.